The van der Waals surface area contributed by atoms with Crippen molar-refractivity contribution in [2.45, 2.75) is 19.4 Å². The second-order valence-electron chi connectivity index (χ2n) is 3.77. The molecular weight excluding hydrogens is 176 g/mol. The lowest BCUT2D eigenvalue weighted by molar-refractivity contribution is 0.306. The summed E-state index contributed by atoms with van der Waals surface area (Å²) in [4.78, 5) is 10.9. The summed E-state index contributed by atoms with van der Waals surface area (Å²) < 4.78 is 0. The summed E-state index contributed by atoms with van der Waals surface area (Å²) in [6, 6.07) is 0. The molecule has 76 valence electrons. The standard InChI is InChI=1S/C10H16N4/c1-14-5-3-8-9(2-4-11)12-7-13-10(8)6-14/h7H,2-6,11H2,1H3. The Bertz CT molecular complexity index is 310. The molecule has 0 atom stereocenters. The minimum atomic E-state index is 0.666. The van der Waals surface area contributed by atoms with Crippen LogP contribution in [-0.2, 0) is 19.4 Å². The monoisotopic (exact) mass is 192 g/mol. The van der Waals surface area contributed by atoms with Crippen molar-refractivity contribution in [2.24, 2.45) is 5.73 Å². The van der Waals surface area contributed by atoms with Crippen molar-refractivity contribution in [3.05, 3.63) is 23.3 Å². The van der Waals surface area contributed by atoms with Crippen LogP contribution in [0.3, 0.4) is 0 Å². The third-order valence-corrected chi connectivity index (χ3v) is 2.67. The van der Waals surface area contributed by atoms with E-state index in [9.17, 15) is 0 Å². The van der Waals surface area contributed by atoms with Crippen molar-refractivity contribution >= 4 is 0 Å². The summed E-state index contributed by atoms with van der Waals surface area (Å²) in [5.41, 5.74) is 9.20. The predicted molar refractivity (Wildman–Crippen MR) is 54.8 cm³/mol. The molecule has 4 nitrogen and oxygen atoms in total. The summed E-state index contributed by atoms with van der Waals surface area (Å²) in [7, 11) is 2.12. The Labute approximate surface area is 84.2 Å². The van der Waals surface area contributed by atoms with Gasteiger partial charge in [-0.25, -0.2) is 9.97 Å². The summed E-state index contributed by atoms with van der Waals surface area (Å²) in [6.07, 6.45) is 3.58. The van der Waals surface area contributed by atoms with E-state index in [4.69, 9.17) is 5.73 Å². The number of nitrogens with zero attached hydrogens (tertiary/aromatic N) is 3. The van der Waals surface area contributed by atoms with E-state index in [-0.39, 0.29) is 0 Å². The lowest BCUT2D eigenvalue weighted by Crippen LogP contribution is -2.29. The molecule has 2 N–H and O–H groups in total. The second-order valence-corrected chi connectivity index (χ2v) is 3.77. The normalized spacial score (nSPS) is 16.7. The maximum Gasteiger partial charge on any atom is 0.116 e. The van der Waals surface area contributed by atoms with E-state index in [1.54, 1.807) is 6.33 Å². The molecule has 1 aromatic heterocycles. The van der Waals surface area contributed by atoms with Crippen LogP contribution in [0.15, 0.2) is 6.33 Å². The summed E-state index contributed by atoms with van der Waals surface area (Å²) in [5.74, 6) is 0. The first-order valence-electron chi connectivity index (χ1n) is 5.01. The van der Waals surface area contributed by atoms with Gasteiger partial charge in [-0.1, -0.05) is 0 Å². The zero-order valence-electron chi connectivity index (χ0n) is 8.53. The molecule has 0 aromatic carbocycles. The Balaban J connectivity index is 2.31. The Hall–Kier alpha value is -1.00. The molecule has 0 bridgehead atoms. The smallest absolute Gasteiger partial charge is 0.116 e. The fraction of sp³-hybridized carbons (Fsp3) is 0.600. The number of aromatic nitrogens is 2. The van der Waals surface area contributed by atoms with E-state index in [2.05, 4.69) is 21.9 Å². The molecule has 0 radical (unpaired) electrons. The van der Waals surface area contributed by atoms with Gasteiger partial charge in [0.05, 0.1) is 5.69 Å². The molecule has 1 aliphatic heterocycles. The lowest BCUT2D eigenvalue weighted by Gasteiger charge is -2.25. The third kappa shape index (κ3) is 1.76. The van der Waals surface area contributed by atoms with Crippen LogP contribution in [0.2, 0.25) is 0 Å². The number of likely N-dealkylation sites (N-methyl/N-ethyl adjacent to an activating group) is 1. The van der Waals surface area contributed by atoms with Crippen molar-refractivity contribution in [1.82, 2.24) is 14.9 Å². The second kappa shape index (κ2) is 4.02. The Morgan fingerprint density at radius 2 is 2.36 bits per heavy atom. The Morgan fingerprint density at radius 1 is 1.50 bits per heavy atom. The van der Waals surface area contributed by atoms with Crippen LogP contribution in [0.5, 0.6) is 0 Å². The first kappa shape index (κ1) is 9.55. The van der Waals surface area contributed by atoms with E-state index in [0.717, 1.165) is 31.6 Å². The lowest BCUT2D eigenvalue weighted by atomic mass is 10.0. The average molecular weight is 192 g/mol. The van der Waals surface area contributed by atoms with Crippen molar-refractivity contribution in [3.63, 3.8) is 0 Å². The minimum absolute atomic E-state index is 0.666. The predicted octanol–water partition coefficient (Wildman–Crippen LogP) is -0.0343. The number of hydrogen-bond acceptors (Lipinski definition) is 4. The van der Waals surface area contributed by atoms with Gasteiger partial charge in [-0.15, -0.1) is 0 Å². The van der Waals surface area contributed by atoms with E-state index < -0.39 is 0 Å². The Kier molecular flexibility index (Phi) is 2.74. The zero-order chi connectivity index (χ0) is 9.97. The van der Waals surface area contributed by atoms with Gasteiger partial charge in [0.2, 0.25) is 0 Å². The fourth-order valence-electron chi connectivity index (χ4n) is 1.91. The van der Waals surface area contributed by atoms with Crippen molar-refractivity contribution < 1.29 is 0 Å². The molecule has 2 rings (SSSR count). The van der Waals surface area contributed by atoms with Crippen LogP contribution < -0.4 is 5.73 Å². The number of nitrogens with two attached hydrogens (primary N) is 1. The average Bonchev–Trinajstić information content (AvgIpc) is 2.18. The van der Waals surface area contributed by atoms with Crippen molar-refractivity contribution in [2.75, 3.05) is 20.1 Å². The van der Waals surface area contributed by atoms with Gasteiger partial charge in [0.25, 0.3) is 0 Å². The first-order valence-corrected chi connectivity index (χ1v) is 5.01. The molecule has 0 saturated heterocycles. The highest BCUT2D eigenvalue weighted by Gasteiger charge is 2.17. The molecule has 0 spiro atoms. The van der Waals surface area contributed by atoms with Crippen LogP contribution in [0, 0.1) is 0 Å². The van der Waals surface area contributed by atoms with E-state index >= 15 is 0 Å². The summed E-state index contributed by atoms with van der Waals surface area (Å²) >= 11 is 0. The van der Waals surface area contributed by atoms with Gasteiger partial charge in [-0.3, -0.25) is 0 Å². The van der Waals surface area contributed by atoms with Gasteiger partial charge >= 0.3 is 0 Å². The minimum Gasteiger partial charge on any atom is -0.330 e. The van der Waals surface area contributed by atoms with E-state index in [1.807, 2.05) is 0 Å². The molecule has 14 heavy (non-hydrogen) atoms. The molecule has 0 saturated carbocycles. The van der Waals surface area contributed by atoms with E-state index in [1.165, 1.54) is 11.3 Å². The zero-order valence-corrected chi connectivity index (χ0v) is 8.53. The van der Waals surface area contributed by atoms with Crippen LogP contribution in [0.25, 0.3) is 0 Å². The van der Waals surface area contributed by atoms with Crippen molar-refractivity contribution in [3.8, 4) is 0 Å². The number of hydrogen-bond donors (Lipinski definition) is 1. The van der Waals surface area contributed by atoms with Gasteiger partial charge in [0.1, 0.15) is 6.33 Å². The van der Waals surface area contributed by atoms with Gasteiger partial charge in [0, 0.05) is 25.2 Å². The highest BCUT2D eigenvalue weighted by molar-refractivity contribution is 5.27. The van der Waals surface area contributed by atoms with Crippen LogP contribution >= 0.6 is 0 Å². The SMILES string of the molecule is CN1CCc2c(CCN)ncnc2C1. The molecule has 0 fully saturated rings. The number of fused-ring (bicyclic) bond motifs is 1. The number of rotatable bonds is 2. The van der Waals surface area contributed by atoms with Crippen LogP contribution in [-0.4, -0.2) is 35.0 Å². The summed E-state index contributed by atoms with van der Waals surface area (Å²) in [6.45, 7) is 2.70. The molecular formula is C10H16N4. The van der Waals surface area contributed by atoms with E-state index in [0.29, 0.717) is 6.54 Å². The molecule has 1 aromatic rings. The molecule has 0 unspecified atom stereocenters. The topological polar surface area (TPSA) is 55.0 Å². The maximum absolute atomic E-state index is 5.55. The quantitative estimate of drug-likeness (QED) is 0.714. The van der Waals surface area contributed by atoms with Gasteiger partial charge < -0.3 is 10.6 Å². The molecule has 0 amide bonds. The van der Waals surface area contributed by atoms with Gasteiger partial charge in [0.15, 0.2) is 0 Å². The van der Waals surface area contributed by atoms with Crippen LogP contribution in [0.1, 0.15) is 17.0 Å². The highest BCUT2D eigenvalue weighted by atomic mass is 15.1. The van der Waals surface area contributed by atoms with Gasteiger partial charge in [-0.05, 0) is 25.6 Å². The molecule has 2 heterocycles. The molecule has 4 heteroatoms. The third-order valence-electron chi connectivity index (χ3n) is 2.67. The Morgan fingerprint density at radius 3 is 3.14 bits per heavy atom. The molecule has 1 aliphatic rings. The molecule has 0 aliphatic carbocycles. The van der Waals surface area contributed by atoms with Gasteiger partial charge in [-0.2, -0.15) is 0 Å². The summed E-state index contributed by atoms with van der Waals surface area (Å²) in [5, 5.41) is 0. The van der Waals surface area contributed by atoms with Crippen molar-refractivity contribution in [1.29, 1.82) is 0 Å². The first-order chi connectivity index (χ1) is 6.81. The highest BCUT2D eigenvalue weighted by Crippen LogP contribution is 2.17. The maximum atomic E-state index is 5.55. The van der Waals surface area contributed by atoms with Crippen LogP contribution in [0.4, 0.5) is 0 Å². The fourth-order valence-corrected chi connectivity index (χ4v) is 1.91. The largest absolute Gasteiger partial charge is 0.330 e.